The maximum atomic E-state index is 12.6. The molecule has 2 aliphatic rings. The van der Waals surface area contributed by atoms with E-state index in [1.807, 2.05) is 24.3 Å². The van der Waals surface area contributed by atoms with Gasteiger partial charge in [-0.2, -0.15) is 0 Å². The number of hydrogen-bond acceptors (Lipinski definition) is 5. The van der Waals surface area contributed by atoms with E-state index in [0.717, 1.165) is 23.7 Å². The van der Waals surface area contributed by atoms with Gasteiger partial charge in [0, 0.05) is 37.7 Å². The second-order valence-electron chi connectivity index (χ2n) is 8.13. The third-order valence-corrected chi connectivity index (χ3v) is 6.44. The predicted octanol–water partition coefficient (Wildman–Crippen LogP) is 2.64. The molecule has 1 aromatic carbocycles. The number of halogens is 1. The van der Waals surface area contributed by atoms with Gasteiger partial charge in [0.15, 0.2) is 5.76 Å². The second kappa shape index (κ2) is 10.3. The Balaban J connectivity index is 1.27. The Hall–Kier alpha value is -2.35. The number of carbonyl (C=O) groups excluding carboxylic acids is 2. The minimum absolute atomic E-state index is 0.00191. The third-order valence-electron chi connectivity index (χ3n) is 6.10. The van der Waals surface area contributed by atoms with Gasteiger partial charge in [-0.05, 0) is 49.7 Å². The minimum atomic E-state index is -0.0951. The lowest BCUT2D eigenvalue weighted by molar-refractivity contribution is -0.122. The molecule has 1 N–H and O–H groups in total. The fraction of sp³-hybridized carbons (Fsp3) is 0.478. The van der Waals surface area contributed by atoms with Crippen LogP contribution in [-0.4, -0.2) is 78.9 Å². The van der Waals surface area contributed by atoms with Crippen molar-refractivity contribution in [1.29, 1.82) is 0 Å². The lowest BCUT2D eigenvalue weighted by atomic mass is 10.1. The van der Waals surface area contributed by atoms with E-state index < -0.39 is 0 Å². The van der Waals surface area contributed by atoms with Crippen molar-refractivity contribution in [2.24, 2.45) is 0 Å². The molecular weight excluding hydrogens is 416 g/mol. The predicted molar refractivity (Wildman–Crippen MR) is 119 cm³/mol. The van der Waals surface area contributed by atoms with E-state index in [4.69, 9.17) is 16.0 Å². The smallest absolute Gasteiger partial charge is 0.289 e. The molecule has 8 heteroatoms. The molecule has 2 amide bonds. The standard InChI is InChI=1S/C23H29ClN4O3/c24-19-7-2-1-6-18(19)20(27-9-3-4-10-27)16-25-22(29)17-26-11-13-28(14-12-26)23(30)21-8-5-15-31-21/h1-2,5-8,15,20H,3-4,9-14,16-17H2,(H,25,29)/t20-/m0/s1. The molecule has 0 bridgehead atoms. The molecule has 1 aromatic heterocycles. The Labute approximate surface area is 187 Å². The lowest BCUT2D eigenvalue weighted by Gasteiger charge is -2.34. The average Bonchev–Trinajstić information content (AvgIpc) is 3.50. The van der Waals surface area contributed by atoms with Gasteiger partial charge in [0.05, 0.1) is 18.8 Å². The van der Waals surface area contributed by atoms with Crippen molar-refractivity contribution in [3.63, 3.8) is 0 Å². The fourth-order valence-electron chi connectivity index (χ4n) is 4.37. The van der Waals surface area contributed by atoms with E-state index in [1.165, 1.54) is 19.1 Å². The van der Waals surface area contributed by atoms with E-state index >= 15 is 0 Å². The van der Waals surface area contributed by atoms with E-state index in [1.54, 1.807) is 17.0 Å². The first kappa shape index (κ1) is 21.9. The molecule has 7 nitrogen and oxygen atoms in total. The Morgan fingerprint density at radius 3 is 2.42 bits per heavy atom. The van der Waals surface area contributed by atoms with Gasteiger partial charge < -0.3 is 14.6 Å². The number of hydrogen-bond donors (Lipinski definition) is 1. The molecule has 0 saturated carbocycles. The van der Waals surface area contributed by atoms with Crippen LogP contribution in [0.2, 0.25) is 5.02 Å². The van der Waals surface area contributed by atoms with E-state index in [2.05, 4.69) is 15.1 Å². The van der Waals surface area contributed by atoms with Crippen LogP contribution in [0.15, 0.2) is 47.1 Å². The number of amides is 2. The monoisotopic (exact) mass is 444 g/mol. The number of likely N-dealkylation sites (tertiary alicyclic amines) is 1. The maximum Gasteiger partial charge on any atom is 0.289 e. The first-order chi connectivity index (χ1) is 15.1. The summed E-state index contributed by atoms with van der Waals surface area (Å²) in [4.78, 5) is 31.3. The molecule has 166 valence electrons. The normalized spacial score (nSPS) is 18.8. The van der Waals surface area contributed by atoms with Gasteiger partial charge in [-0.3, -0.25) is 19.4 Å². The first-order valence-electron chi connectivity index (χ1n) is 10.9. The highest BCUT2D eigenvalue weighted by atomic mass is 35.5. The van der Waals surface area contributed by atoms with Crippen LogP contribution in [-0.2, 0) is 4.79 Å². The zero-order valence-corrected chi connectivity index (χ0v) is 18.4. The summed E-state index contributed by atoms with van der Waals surface area (Å²) in [7, 11) is 0. The second-order valence-corrected chi connectivity index (χ2v) is 8.54. The first-order valence-corrected chi connectivity index (χ1v) is 11.3. The zero-order chi connectivity index (χ0) is 21.6. The summed E-state index contributed by atoms with van der Waals surface area (Å²) < 4.78 is 5.20. The van der Waals surface area contributed by atoms with Gasteiger partial charge in [0.1, 0.15) is 0 Å². The van der Waals surface area contributed by atoms with Gasteiger partial charge >= 0.3 is 0 Å². The van der Waals surface area contributed by atoms with Crippen LogP contribution in [0.25, 0.3) is 0 Å². The Bertz CT molecular complexity index is 875. The summed E-state index contributed by atoms with van der Waals surface area (Å²) in [6.45, 7) is 5.43. The molecule has 2 fully saturated rings. The van der Waals surface area contributed by atoms with Gasteiger partial charge in [-0.1, -0.05) is 29.8 Å². The van der Waals surface area contributed by atoms with Crippen molar-refractivity contribution in [3.05, 3.63) is 59.0 Å². The van der Waals surface area contributed by atoms with Gasteiger partial charge in [-0.25, -0.2) is 0 Å². The molecule has 1 atom stereocenters. The summed E-state index contributed by atoms with van der Waals surface area (Å²) in [5, 5.41) is 3.85. The highest BCUT2D eigenvalue weighted by Crippen LogP contribution is 2.29. The van der Waals surface area contributed by atoms with Gasteiger partial charge in [-0.15, -0.1) is 0 Å². The summed E-state index contributed by atoms with van der Waals surface area (Å²) in [6, 6.07) is 11.4. The largest absolute Gasteiger partial charge is 0.459 e. The summed E-state index contributed by atoms with van der Waals surface area (Å²) in [5.74, 6) is 0.267. The molecule has 0 spiro atoms. The zero-order valence-electron chi connectivity index (χ0n) is 17.6. The molecule has 0 radical (unpaired) electrons. The summed E-state index contributed by atoms with van der Waals surface area (Å²) in [6.07, 6.45) is 3.86. The number of piperazine rings is 1. The average molecular weight is 445 g/mol. The molecule has 0 aliphatic carbocycles. The maximum absolute atomic E-state index is 12.6. The van der Waals surface area contributed by atoms with Crippen LogP contribution in [0.3, 0.4) is 0 Å². The molecule has 2 aliphatic heterocycles. The lowest BCUT2D eigenvalue weighted by Crippen LogP contribution is -2.51. The van der Waals surface area contributed by atoms with Crippen molar-refractivity contribution in [2.75, 3.05) is 52.4 Å². The molecule has 3 heterocycles. The number of nitrogens with one attached hydrogen (secondary N) is 1. The molecular formula is C23H29ClN4O3. The Kier molecular flexibility index (Phi) is 7.27. The van der Waals surface area contributed by atoms with Crippen LogP contribution in [0.1, 0.15) is 35.0 Å². The van der Waals surface area contributed by atoms with E-state index in [9.17, 15) is 9.59 Å². The van der Waals surface area contributed by atoms with Crippen LogP contribution >= 0.6 is 11.6 Å². The number of benzene rings is 1. The Morgan fingerprint density at radius 2 is 1.74 bits per heavy atom. The molecule has 0 unspecified atom stereocenters. The van der Waals surface area contributed by atoms with Crippen LogP contribution in [0.4, 0.5) is 0 Å². The minimum Gasteiger partial charge on any atom is -0.459 e. The fourth-order valence-corrected chi connectivity index (χ4v) is 4.63. The van der Waals surface area contributed by atoms with Gasteiger partial charge in [0.25, 0.3) is 5.91 Å². The molecule has 2 saturated heterocycles. The SMILES string of the molecule is O=C(CN1CCN(C(=O)c2ccco2)CC1)NC[C@@H](c1ccccc1Cl)N1CCCC1. The van der Waals surface area contributed by atoms with Crippen molar-refractivity contribution >= 4 is 23.4 Å². The van der Waals surface area contributed by atoms with Crippen LogP contribution in [0, 0.1) is 0 Å². The summed E-state index contributed by atoms with van der Waals surface area (Å²) >= 11 is 6.46. The van der Waals surface area contributed by atoms with E-state index in [0.29, 0.717) is 45.0 Å². The van der Waals surface area contributed by atoms with Gasteiger partial charge in [0.2, 0.25) is 5.91 Å². The van der Waals surface area contributed by atoms with Crippen molar-refractivity contribution in [3.8, 4) is 0 Å². The quantitative estimate of drug-likeness (QED) is 0.711. The van der Waals surface area contributed by atoms with Crippen molar-refractivity contribution < 1.29 is 14.0 Å². The van der Waals surface area contributed by atoms with Crippen LogP contribution < -0.4 is 5.32 Å². The summed E-state index contributed by atoms with van der Waals surface area (Å²) in [5.41, 5.74) is 1.07. The van der Waals surface area contributed by atoms with E-state index in [-0.39, 0.29) is 17.9 Å². The molecule has 31 heavy (non-hydrogen) atoms. The molecule has 4 rings (SSSR count). The highest BCUT2D eigenvalue weighted by molar-refractivity contribution is 6.31. The number of rotatable bonds is 7. The van der Waals surface area contributed by atoms with Crippen molar-refractivity contribution in [1.82, 2.24) is 20.0 Å². The Morgan fingerprint density at radius 1 is 1.00 bits per heavy atom. The topological polar surface area (TPSA) is 69.0 Å². The highest BCUT2D eigenvalue weighted by Gasteiger charge is 2.27. The number of furan rings is 1. The number of carbonyl (C=O) groups is 2. The number of nitrogens with zero attached hydrogens (tertiary/aromatic N) is 3. The third kappa shape index (κ3) is 5.47. The molecule has 2 aromatic rings. The van der Waals surface area contributed by atoms with Crippen LogP contribution in [0.5, 0.6) is 0 Å². The van der Waals surface area contributed by atoms with Crippen molar-refractivity contribution in [2.45, 2.75) is 18.9 Å².